The number of benzene rings is 1. The first-order valence-electron chi connectivity index (χ1n) is 7.29. The summed E-state index contributed by atoms with van der Waals surface area (Å²) in [6.45, 7) is 1.02. The van der Waals surface area contributed by atoms with Crippen LogP contribution < -0.4 is 15.8 Å². The van der Waals surface area contributed by atoms with Crippen molar-refractivity contribution >= 4 is 5.91 Å². The van der Waals surface area contributed by atoms with Crippen molar-refractivity contribution in [2.45, 2.75) is 31.2 Å². The van der Waals surface area contributed by atoms with Crippen LogP contribution in [0.15, 0.2) is 24.3 Å². The van der Waals surface area contributed by atoms with Gasteiger partial charge < -0.3 is 20.5 Å². The molecule has 5 nitrogen and oxygen atoms in total. The molecule has 1 amide bonds. The van der Waals surface area contributed by atoms with Gasteiger partial charge in [-0.15, -0.1) is 13.2 Å². The number of halogens is 3. The lowest BCUT2D eigenvalue weighted by Crippen LogP contribution is -2.57. The van der Waals surface area contributed by atoms with Gasteiger partial charge in [-0.05, 0) is 30.9 Å². The van der Waals surface area contributed by atoms with Crippen LogP contribution in [0.3, 0.4) is 0 Å². The van der Waals surface area contributed by atoms with Crippen LogP contribution in [-0.4, -0.2) is 37.6 Å². The number of para-hydroxylation sites is 1. The van der Waals surface area contributed by atoms with Gasteiger partial charge >= 0.3 is 6.36 Å². The molecular formula is C15H19F3N2O3. The number of carbonyl (C=O) groups is 1. The summed E-state index contributed by atoms with van der Waals surface area (Å²) in [6, 6.07) is 5.84. The molecule has 0 radical (unpaired) electrons. The van der Waals surface area contributed by atoms with E-state index in [0.717, 1.165) is 0 Å². The van der Waals surface area contributed by atoms with E-state index in [4.69, 9.17) is 10.5 Å². The number of hydrogen-bond acceptors (Lipinski definition) is 4. The average molecular weight is 332 g/mol. The lowest BCUT2D eigenvalue weighted by atomic mass is 9.90. The van der Waals surface area contributed by atoms with Crippen molar-refractivity contribution in [2.24, 2.45) is 5.73 Å². The highest BCUT2D eigenvalue weighted by atomic mass is 19.4. The molecule has 0 unspecified atom stereocenters. The quantitative estimate of drug-likeness (QED) is 0.862. The molecule has 1 heterocycles. The van der Waals surface area contributed by atoms with E-state index in [2.05, 4.69) is 10.1 Å². The van der Waals surface area contributed by atoms with Gasteiger partial charge in [0.1, 0.15) is 5.75 Å². The van der Waals surface area contributed by atoms with Gasteiger partial charge in [0.2, 0.25) is 5.91 Å². The highest BCUT2D eigenvalue weighted by Gasteiger charge is 2.35. The third-order valence-corrected chi connectivity index (χ3v) is 3.72. The van der Waals surface area contributed by atoms with Crippen molar-refractivity contribution < 1.29 is 27.4 Å². The zero-order valence-electron chi connectivity index (χ0n) is 12.5. The molecule has 1 aromatic rings. The number of nitrogens with two attached hydrogens (primary N) is 1. The molecule has 128 valence electrons. The molecule has 2 rings (SSSR count). The van der Waals surface area contributed by atoms with Crippen molar-refractivity contribution in [1.82, 2.24) is 5.32 Å². The van der Waals surface area contributed by atoms with Crippen LogP contribution in [0, 0.1) is 0 Å². The highest BCUT2D eigenvalue weighted by molar-refractivity contribution is 5.86. The predicted octanol–water partition coefficient (Wildman–Crippen LogP) is 1.75. The summed E-state index contributed by atoms with van der Waals surface area (Å²) in [5.41, 5.74) is 5.42. The van der Waals surface area contributed by atoms with Crippen LogP contribution in [0.25, 0.3) is 0 Å². The Hall–Kier alpha value is -1.80. The molecule has 8 heteroatoms. The zero-order chi connectivity index (χ0) is 16.9. The predicted molar refractivity (Wildman–Crippen MR) is 76.8 cm³/mol. The van der Waals surface area contributed by atoms with E-state index < -0.39 is 11.9 Å². The summed E-state index contributed by atoms with van der Waals surface area (Å²) in [4.78, 5) is 12.1. The monoisotopic (exact) mass is 332 g/mol. The van der Waals surface area contributed by atoms with Gasteiger partial charge in [0, 0.05) is 19.8 Å². The van der Waals surface area contributed by atoms with Crippen molar-refractivity contribution in [2.75, 3.05) is 19.8 Å². The van der Waals surface area contributed by atoms with Crippen molar-refractivity contribution in [3.05, 3.63) is 29.8 Å². The molecule has 0 aromatic heterocycles. The molecule has 1 fully saturated rings. The molecule has 1 aliphatic heterocycles. The van der Waals surface area contributed by atoms with Gasteiger partial charge in [0.05, 0.1) is 5.54 Å². The molecule has 1 saturated heterocycles. The Morgan fingerprint density at radius 2 is 1.96 bits per heavy atom. The topological polar surface area (TPSA) is 73.6 Å². The summed E-state index contributed by atoms with van der Waals surface area (Å²) in [6.07, 6.45) is -3.69. The number of nitrogens with one attached hydrogen (secondary N) is 1. The van der Waals surface area contributed by atoms with Gasteiger partial charge in [0.25, 0.3) is 0 Å². The summed E-state index contributed by atoms with van der Waals surface area (Å²) in [5.74, 6) is -0.571. The smallest absolute Gasteiger partial charge is 0.406 e. The van der Waals surface area contributed by atoms with Gasteiger partial charge in [0.15, 0.2) is 0 Å². The SMILES string of the molecule is NC1(C(=O)NCCc2ccccc2OC(F)(F)F)CCOCC1. The normalized spacial score (nSPS) is 17.6. The fourth-order valence-corrected chi connectivity index (χ4v) is 2.38. The molecule has 0 aliphatic carbocycles. The third kappa shape index (κ3) is 5.11. The maximum absolute atomic E-state index is 12.3. The van der Waals surface area contributed by atoms with Gasteiger partial charge in [-0.25, -0.2) is 0 Å². The number of hydrogen-bond donors (Lipinski definition) is 2. The first-order chi connectivity index (χ1) is 10.8. The van der Waals surface area contributed by atoms with E-state index in [9.17, 15) is 18.0 Å². The molecule has 1 aliphatic rings. The molecule has 0 spiro atoms. The fourth-order valence-electron chi connectivity index (χ4n) is 2.38. The number of amides is 1. The van der Waals surface area contributed by atoms with Crippen molar-refractivity contribution in [3.8, 4) is 5.75 Å². The molecule has 0 atom stereocenters. The van der Waals surface area contributed by atoms with Crippen molar-refractivity contribution in [1.29, 1.82) is 0 Å². The summed E-state index contributed by atoms with van der Waals surface area (Å²) >= 11 is 0. The first kappa shape index (κ1) is 17.6. The first-order valence-corrected chi connectivity index (χ1v) is 7.29. The Labute approximate surface area is 131 Å². The van der Waals surface area contributed by atoms with Crippen LogP contribution in [0.4, 0.5) is 13.2 Å². The minimum atomic E-state index is -4.75. The molecule has 23 heavy (non-hydrogen) atoms. The second kappa shape index (κ2) is 7.18. The minimum Gasteiger partial charge on any atom is -0.406 e. The molecular weight excluding hydrogens is 313 g/mol. The van der Waals surface area contributed by atoms with Crippen LogP contribution in [0.5, 0.6) is 5.75 Å². The highest BCUT2D eigenvalue weighted by Crippen LogP contribution is 2.26. The lowest BCUT2D eigenvalue weighted by Gasteiger charge is -2.31. The number of ether oxygens (including phenoxy) is 2. The van der Waals surface area contributed by atoms with E-state index in [1.54, 1.807) is 6.07 Å². The Balaban J connectivity index is 1.90. The Morgan fingerprint density at radius 3 is 2.61 bits per heavy atom. The van der Waals surface area contributed by atoms with Crippen LogP contribution in [0.1, 0.15) is 18.4 Å². The number of rotatable bonds is 5. The number of carbonyl (C=O) groups excluding carboxylic acids is 1. The Morgan fingerprint density at radius 1 is 1.30 bits per heavy atom. The summed E-state index contributed by atoms with van der Waals surface area (Å²) in [5, 5.41) is 2.68. The molecule has 3 N–H and O–H groups in total. The molecule has 0 bridgehead atoms. The minimum absolute atomic E-state index is 0.177. The van der Waals surface area contributed by atoms with Gasteiger partial charge in [-0.1, -0.05) is 18.2 Å². The van der Waals surface area contributed by atoms with Crippen LogP contribution in [-0.2, 0) is 16.0 Å². The van der Waals surface area contributed by atoms with E-state index in [0.29, 0.717) is 31.6 Å². The third-order valence-electron chi connectivity index (χ3n) is 3.72. The second-order valence-electron chi connectivity index (χ2n) is 5.43. The summed E-state index contributed by atoms with van der Waals surface area (Å²) in [7, 11) is 0. The molecule has 0 saturated carbocycles. The van der Waals surface area contributed by atoms with E-state index >= 15 is 0 Å². The Bertz CT molecular complexity index is 543. The van der Waals surface area contributed by atoms with Crippen molar-refractivity contribution in [3.63, 3.8) is 0 Å². The largest absolute Gasteiger partial charge is 0.573 e. The maximum Gasteiger partial charge on any atom is 0.573 e. The van der Waals surface area contributed by atoms with Crippen LogP contribution in [0.2, 0.25) is 0 Å². The molecule has 1 aromatic carbocycles. The van der Waals surface area contributed by atoms with Crippen LogP contribution >= 0.6 is 0 Å². The number of alkyl halides is 3. The van der Waals surface area contributed by atoms with E-state index in [1.165, 1.54) is 18.2 Å². The lowest BCUT2D eigenvalue weighted by molar-refractivity contribution is -0.274. The maximum atomic E-state index is 12.3. The Kier molecular flexibility index (Phi) is 5.48. The van der Waals surface area contributed by atoms with Gasteiger partial charge in [-0.3, -0.25) is 4.79 Å². The average Bonchev–Trinajstić information content (AvgIpc) is 2.48. The second-order valence-corrected chi connectivity index (χ2v) is 5.43. The van der Waals surface area contributed by atoms with Gasteiger partial charge in [-0.2, -0.15) is 0 Å². The van der Waals surface area contributed by atoms with E-state index in [-0.39, 0.29) is 24.6 Å². The standard InChI is InChI=1S/C15H19F3N2O3/c16-15(17,18)23-12-4-2-1-3-11(12)5-8-20-13(21)14(19)6-9-22-10-7-14/h1-4H,5-10,19H2,(H,20,21). The van der Waals surface area contributed by atoms with E-state index in [1.807, 2.05) is 0 Å². The summed E-state index contributed by atoms with van der Waals surface area (Å²) < 4.78 is 46.2. The zero-order valence-corrected chi connectivity index (χ0v) is 12.5. The fraction of sp³-hybridized carbons (Fsp3) is 0.533.